The molecule has 1 aromatic carbocycles. The van der Waals surface area contributed by atoms with Crippen molar-refractivity contribution in [3.05, 3.63) is 35.4 Å². The number of esters is 1. The zero-order valence-electron chi connectivity index (χ0n) is 13.4. The van der Waals surface area contributed by atoms with E-state index in [1.54, 1.807) is 4.90 Å². The predicted octanol–water partition coefficient (Wildman–Crippen LogP) is 3.05. The highest BCUT2D eigenvalue weighted by atomic mass is 16.5. The van der Waals surface area contributed by atoms with Gasteiger partial charge in [0.1, 0.15) is 0 Å². The van der Waals surface area contributed by atoms with Crippen LogP contribution in [0.1, 0.15) is 42.6 Å². The Balaban J connectivity index is 2.81. The van der Waals surface area contributed by atoms with Gasteiger partial charge in [0.15, 0.2) is 0 Å². The average molecular weight is 291 g/mol. The second-order valence-electron chi connectivity index (χ2n) is 5.62. The summed E-state index contributed by atoms with van der Waals surface area (Å²) in [5, 5.41) is 0. The van der Waals surface area contributed by atoms with Crippen LogP contribution in [0.25, 0.3) is 0 Å². The molecule has 0 aromatic heterocycles. The van der Waals surface area contributed by atoms with E-state index < -0.39 is 0 Å². The maximum Gasteiger partial charge on any atom is 0.307 e. The zero-order chi connectivity index (χ0) is 15.8. The number of nitrogens with zero attached hydrogens (tertiary/aromatic N) is 1. The van der Waals surface area contributed by atoms with Gasteiger partial charge in [-0.2, -0.15) is 0 Å². The van der Waals surface area contributed by atoms with Gasteiger partial charge >= 0.3 is 5.97 Å². The van der Waals surface area contributed by atoms with Crippen molar-refractivity contribution >= 4 is 11.9 Å². The molecule has 21 heavy (non-hydrogen) atoms. The molecule has 0 aliphatic carbocycles. The van der Waals surface area contributed by atoms with Gasteiger partial charge in [0.2, 0.25) is 0 Å². The van der Waals surface area contributed by atoms with Crippen molar-refractivity contribution in [2.24, 2.45) is 5.92 Å². The minimum absolute atomic E-state index is 0.0161. The first-order valence-electron chi connectivity index (χ1n) is 7.37. The van der Waals surface area contributed by atoms with Crippen molar-refractivity contribution < 1.29 is 14.3 Å². The number of benzene rings is 1. The molecule has 0 heterocycles. The molecule has 0 radical (unpaired) electrons. The molecule has 0 N–H and O–H groups in total. The van der Waals surface area contributed by atoms with Gasteiger partial charge in [-0.05, 0) is 30.9 Å². The van der Waals surface area contributed by atoms with Gasteiger partial charge in [-0.1, -0.05) is 32.0 Å². The number of amides is 1. The molecule has 0 atom stereocenters. The largest absolute Gasteiger partial charge is 0.469 e. The summed E-state index contributed by atoms with van der Waals surface area (Å²) in [5.41, 5.74) is 1.65. The molecule has 0 bridgehead atoms. The average Bonchev–Trinajstić information content (AvgIpc) is 2.46. The third-order valence-corrected chi connectivity index (χ3v) is 3.45. The number of methoxy groups -OCH3 is 1. The van der Waals surface area contributed by atoms with Crippen molar-refractivity contribution in [2.75, 3.05) is 20.2 Å². The highest BCUT2D eigenvalue weighted by Crippen LogP contribution is 2.13. The van der Waals surface area contributed by atoms with Gasteiger partial charge in [-0.15, -0.1) is 0 Å². The van der Waals surface area contributed by atoms with E-state index in [9.17, 15) is 9.59 Å². The second-order valence-corrected chi connectivity index (χ2v) is 5.62. The Labute approximate surface area is 127 Å². The maximum atomic E-state index is 12.7. The summed E-state index contributed by atoms with van der Waals surface area (Å²) in [6.45, 7) is 7.22. The topological polar surface area (TPSA) is 46.6 Å². The number of ether oxygens (including phenoxy) is 1. The van der Waals surface area contributed by atoms with Gasteiger partial charge in [-0.25, -0.2) is 0 Å². The van der Waals surface area contributed by atoms with E-state index in [0.717, 1.165) is 12.0 Å². The minimum atomic E-state index is -0.290. The van der Waals surface area contributed by atoms with Crippen LogP contribution in [0.3, 0.4) is 0 Å². The summed E-state index contributed by atoms with van der Waals surface area (Å²) >= 11 is 0. The molecule has 0 aliphatic rings. The normalized spacial score (nSPS) is 10.5. The molecule has 1 rings (SSSR count). The Morgan fingerprint density at radius 1 is 1.19 bits per heavy atom. The summed E-state index contributed by atoms with van der Waals surface area (Å²) in [6, 6.07) is 7.53. The SMILES string of the molecule is COC(=O)CCN(CCC(C)C)C(=O)c1ccccc1C. The zero-order valence-corrected chi connectivity index (χ0v) is 13.4. The molecule has 0 unspecified atom stereocenters. The fraction of sp³-hybridized carbons (Fsp3) is 0.529. The highest BCUT2D eigenvalue weighted by Gasteiger charge is 2.18. The first-order valence-corrected chi connectivity index (χ1v) is 7.37. The molecule has 0 aliphatic heterocycles. The first kappa shape index (κ1) is 17.2. The summed E-state index contributed by atoms with van der Waals surface area (Å²) < 4.78 is 4.66. The lowest BCUT2D eigenvalue weighted by Crippen LogP contribution is -2.35. The molecule has 0 saturated heterocycles. The smallest absolute Gasteiger partial charge is 0.307 e. The molecule has 0 spiro atoms. The molecule has 1 aromatic rings. The number of carbonyl (C=O) groups excluding carboxylic acids is 2. The van der Waals surface area contributed by atoms with Crippen LogP contribution in [-0.4, -0.2) is 37.0 Å². The Morgan fingerprint density at radius 2 is 1.86 bits per heavy atom. The highest BCUT2D eigenvalue weighted by molar-refractivity contribution is 5.95. The lowest BCUT2D eigenvalue weighted by Gasteiger charge is -2.24. The van der Waals surface area contributed by atoms with E-state index in [2.05, 4.69) is 18.6 Å². The van der Waals surface area contributed by atoms with E-state index >= 15 is 0 Å². The molecular formula is C17H25NO3. The third-order valence-electron chi connectivity index (χ3n) is 3.45. The van der Waals surface area contributed by atoms with Crippen LogP contribution in [0.2, 0.25) is 0 Å². The lowest BCUT2D eigenvalue weighted by molar-refractivity contribution is -0.140. The van der Waals surface area contributed by atoms with Crippen molar-refractivity contribution in [3.63, 3.8) is 0 Å². The van der Waals surface area contributed by atoms with Crippen molar-refractivity contribution in [2.45, 2.75) is 33.6 Å². The Kier molecular flexibility index (Phi) is 6.92. The third kappa shape index (κ3) is 5.58. The van der Waals surface area contributed by atoms with Crippen LogP contribution < -0.4 is 0 Å². The quantitative estimate of drug-likeness (QED) is 0.725. The molecule has 0 fully saturated rings. The van der Waals surface area contributed by atoms with Gasteiger partial charge in [-0.3, -0.25) is 9.59 Å². The second kappa shape index (κ2) is 8.45. The molecule has 1 amide bonds. The summed E-state index contributed by atoms with van der Waals surface area (Å²) in [7, 11) is 1.37. The van der Waals surface area contributed by atoms with E-state index in [4.69, 9.17) is 0 Å². The summed E-state index contributed by atoms with van der Waals surface area (Å²) in [5.74, 6) is 0.204. The van der Waals surface area contributed by atoms with Crippen LogP contribution in [0.4, 0.5) is 0 Å². The van der Waals surface area contributed by atoms with Crippen molar-refractivity contribution in [3.8, 4) is 0 Å². The molecule has 4 nitrogen and oxygen atoms in total. The minimum Gasteiger partial charge on any atom is -0.469 e. The molecule has 0 saturated carbocycles. The summed E-state index contributed by atoms with van der Waals surface area (Å²) in [6.07, 6.45) is 1.14. The first-order chi connectivity index (χ1) is 9.95. The van der Waals surface area contributed by atoms with Crippen LogP contribution in [-0.2, 0) is 9.53 Å². The Morgan fingerprint density at radius 3 is 2.43 bits per heavy atom. The lowest BCUT2D eigenvalue weighted by atomic mass is 10.1. The Hall–Kier alpha value is -1.84. The fourth-order valence-corrected chi connectivity index (χ4v) is 2.04. The standard InChI is InChI=1S/C17H25NO3/c1-13(2)9-11-18(12-10-16(19)21-4)17(20)15-8-6-5-7-14(15)3/h5-8,13H,9-12H2,1-4H3. The molecular weight excluding hydrogens is 266 g/mol. The van der Waals surface area contributed by atoms with Gasteiger partial charge in [0.25, 0.3) is 5.91 Å². The van der Waals surface area contributed by atoms with Crippen molar-refractivity contribution in [1.82, 2.24) is 4.90 Å². The van der Waals surface area contributed by atoms with Gasteiger partial charge < -0.3 is 9.64 Å². The maximum absolute atomic E-state index is 12.7. The van der Waals surface area contributed by atoms with Crippen LogP contribution >= 0.6 is 0 Å². The van der Waals surface area contributed by atoms with Crippen molar-refractivity contribution in [1.29, 1.82) is 0 Å². The summed E-state index contributed by atoms with van der Waals surface area (Å²) in [4.78, 5) is 25.7. The predicted molar refractivity (Wildman–Crippen MR) is 83.2 cm³/mol. The fourth-order valence-electron chi connectivity index (χ4n) is 2.04. The molecule has 4 heteroatoms. The van der Waals surface area contributed by atoms with Crippen LogP contribution in [0, 0.1) is 12.8 Å². The number of hydrogen-bond donors (Lipinski definition) is 0. The monoisotopic (exact) mass is 291 g/mol. The van der Waals surface area contributed by atoms with Gasteiger partial charge in [0, 0.05) is 18.7 Å². The molecule has 116 valence electrons. The Bertz CT molecular complexity index is 483. The van der Waals surface area contributed by atoms with E-state index in [-0.39, 0.29) is 18.3 Å². The van der Waals surface area contributed by atoms with Gasteiger partial charge in [0.05, 0.1) is 13.5 Å². The van der Waals surface area contributed by atoms with Crippen LogP contribution in [0.5, 0.6) is 0 Å². The number of carbonyl (C=O) groups is 2. The number of rotatable bonds is 7. The van der Waals surface area contributed by atoms with E-state index in [1.165, 1.54) is 7.11 Å². The van der Waals surface area contributed by atoms with E-state index in [0.29, 0.717) is 24.6 Å². The van der Waals surface area contributed by atoms with E-state index in [1.807, 2.05) is 31.2 Å². The number of aryl methyl sites for hydroxylation is 1. The number of hydrogen-bond acceptors (Lipinski definition) is 3. The van der Waals surface area contributed by atoms with Crippen LogP contribution in [0.15, 0.2) is 24.3 Å².